The molecule has 2 N–H and O–H groups in total. The van der Waals surface area contributed by atoms with Gasteiger partial charge < -0.3 is 10.4 Å². The molecule has 0 spiro atoms. The van der Waals surface area contributed by atoms with Crippen LogP contribution in [0.1, 0.15) is 11.7 Å². The first-order valence-electron chi connectivity index (χ1n) is 6.09. The first-order valence-corrected chi connectivity index (χ1v) is 6.09. The molecule has 21 heavy (non-hydrogen) atoms. The van der Waals surface area contributed by atoms with Crippen molar-refractivity contribution in [3.05, 3.63) is 69.8 Å². The molecule has 0 aliphatic heterocycles. The molecular weight excluding hydrogens is 282 g/mol. The minimum absolute atomic E-state index is 0.0267. The second-order valence-electron chi connectivity index (χ2n) is 4.34. The Morgan fingerprint density at radius 1 is 1.19 bits per heavy atom. The molecule has 0 fully saturated rings. The quantitative estimate of drug-likeness (QED) is 0.656. The smallest absolute Gasteiger partial charge is 0.327 e. The van der Waals surface area contributed by atoms with Crippen LogP contribution in [-0.4, -0.2) is 16.6 Å². The summed E-state index contributed by atoms with van der Waals surface area (Å²) in [6, 6.07) is 8.86. The van der Waals surface area contributed by atoms with Crippen molar-refractivity contribution in [3.8, 4) is 0 Å². The van der Waals surface area contributed by atoms with Crippen molar-refractivity contribution in [1.82, 2.24) is 0 Å². The summed E-state index contributed by atoms with van der Waals surface area (Å²) in [4.78, 5) is 9.98. The predicted octanol–water partition coefficient (Wildman–Crippen LogP) is 3.02. The first-order chi connectivity index (χ1) is 9.99. The zero-order chi connectivity index (χ0) is 15.4. The second kappa shape index (κ2) is 6.27. The standard InChI is InChI=1S/C14H12F2N2O3/c15-10-6-4-9(5-7-10)13(19)8-17-12-3-1-2-11(16)14(12)18(20)21/h1-7,13,17,19H,8H2/t13-/m1/s1. The predicted molar refractivity (Wildman–Crippen MR) is 72.9 cm³/mol. The molecule has 0 aliphatic rings. The third-order valence-electron chi connectivity index (χ3n) is 2.91. The number of benzene rings is 2. The molecule has 7 heteroatoms. The molecule has 0 heterocycles. The molecule has 0 aromatic heterocycles. The Morgan fingerprint density at radius 3 is 2.48 bits per heavy atom. The molecular formula is C14H12F2N2O3. The Bertz CT molecular complexity index is 647. The van der Waals surface area contributed by atoms with Gasteiger partial charge in [0.05, 0.1) is 11.0 Å². The Balaban J connectivity index is 2.11. The lowest BCUT2D eigenvalue weighted by Gasteiger charge is -2.13. The number of hydrogen-bond acceptors (Lipinski definition) is 4. The lowest BCUT2D eigenvalue weighted by Crippen LogP contribution is -2.13. The molecule has 0 amide bonds. The molecule has 0 unspecified atom stereocenters. The topological polar surface area (TPSA) is 75.4 Å². The van der Waals surface area contributed by atoms with Crippen LogP contribution in [0.2, 0.25) is 0 Å². The van der Waals surface area contributed by atoms with Gasteiger partial charge >= 0.3 is 5.69 Å². The third-order valence-corrected chi connectivity index (χ3v) is 2.91. The third kappa shape index (κ3) is 3.51. The summed E-state index contributed by atoms with van der Waals surface area (Å²) in [6.07, 6.45) is -1.01. The highest BCUT2D eigenvalue weighted by Crippen LogP contribution is 2.27. The zero-order valence-electron chi connectivity index (χ0n) is 10.8. The number of rotatable bonds is 5. The number of aliphatic hydroxyl groups is 1. The molecule has 0 saturated carbocycles. The highest BCUT2D eigenvalue weighted by Gasteiger charge is 2.20. The number of para-hydroxylation sites is 1. The van der Waals surface area contributed by atoms with Gasteiger partial charge in [0.2, 0.25) is 5.82 Å². The summed E-state index contributed by atoms with van der Waals surface area (Å²) in [7, 11) is 0. The number of nitro groups is 1. The van der Waals surface area contributed by atoms with E-state index in [4.69, 9.17) is 0 Å². The number of nitro benzene ring substituents is 1. The van der Waals surface area contributed by atoms with Gasteiger partial charge in [-0.3, -0.25) is 10.1 Å². The Morgan fingerprint density at radius 2 is 1.86 bits per heavy atom. The molecule has 110 valence electrons. The van der Waals surface area contributed by atoms with Crippen molar-refractivity contribution < 1.29 is 18.8 Å². The second-order valence-corrected chi connectivity index (χ2v) is 4.34. The van der Waals surface area contributed by atoms with E-state index in [9.17, 15) is 24.0 Å². The Kier molecular flexibility index (Phi) is 4.44. The average Bonchev–Trinajstić information content (AvgIpc) is 2.45. The van der Waals surface area contributed by atoms with Gasteiger partial charge in [-0.1, -0.05) is 18.2 Å². The van der Waals surface area contributed by atoms with Crippen molar-refractivity contribution in [2.24, 2.45) is 0 Å². The van der Waals surface area contributed by atoms with Crippen LogP contribution in [0.25, 0.3) is 0 Å². The molecule has 0 radical (unpaired) electrons. The number of hydrogen-bond donors (Lipinski definition) is 2. The minimum Gasteiger partial charge on any atom is -0.387 e. The fourth-order valence-electron chi connectivity index (χ4n) is 1.85. The van der Waals surface area contributed by atoms with Crippen LogP contribution in [0.15, 0.2) is 42.5 Å². The first kappa shape index (κ1) is 14.9. The highest BCUT2D eigenvalue weighted by molar-refractivity contribution is 5.62. The Hall–Kier alpha value is -2.54. The van der Waals surface area contributed by atoms with Gasteiger partial charge in [-0.2, -0.15) is 4.39 Å². The van der Waals surface area contributed by atoms with Crippen molar-refractivity contribution in [3.63, 3.8) is 0 Å². The maximum atomic E-state index is 13.4. The van der Waals surface area contributed by atoms with Crippen LogP contribution in [-0.2, 0) is 0 Å². The monoisotopic (exact) mass is 294 g/mol. The summed E-state index contributed by atoms with van der Waals surface area (Å²) in [5, 5.41) is 23.4. The number of aliphatic hydroxyl groups excluding tert-OH is 1. The number of halogens is 2. The van der Waals surface area contributed by atoms with E-state index >= 15 is 0 Å². The van der Waals surface area contributed by atoms with Crippen molar-refractivity contribution in [2.45, 2.75) is 6.10 Å². The average molecular weight is 294 g/mol. The van der Waals surface area contributed by atoms with Gasteiger partial charge in [0.25, 0.3) is 0 Å². The van der Waals surface area contributed by atoms with Crippen LogP contribution in [0.4, 0.5) is 20.2 Å². The fourth-order valence-corrected chi connectivity index (χ4v) is 1.85. The summed E-state index contributed by atoms with van der Waals surface area (Å²) in [6.45, 7) is -0.0735. The van der Waals surface area contributed by atoms with E-state index in [1.165, 1.54) is 36.4 Å². The van der Waals surface area contributed by atoms with Crippen LogP contribution < -0.4 is 5.32 Å². The van der Waals surface area contributed by atoms with E-state index in [-0.39, 0.29) is 12.2 Å². The molecule has 0 aliphatic carbocycles. The molecule has 2 aromatic carbocycles. The van der Waals surface area contributed by atoms with E-state index in [0.29, 0.717) is 5.56 Å². The van der Waals surface area contributed by atoms with E-state index in [1.54, 1.807) is 0 Å². The van der Waals surface area contributed by atoms with Gasteiger partial charge in [-0.15, -0.1) is 0 Å². The van der Waals surface area contributed by atoms with E-state index in [1.807, 2.05) is 0 Å². The van der Waals surface area contributed by atoms with Crippen molar-refractivity contribution in [1.29, 1.82) is 0 Å². The molecule has 0 bridgehead atoms. The minimum atomic E-state index is -1.01. The van der Waals surface area contributed by atoms with Crippen LogP contribution >= 0.6 is 0 Å². The number of nitrogens with zero attached hydrogens (tertiary/aromatic N) is 1. The maximum absolute atomic E-state index is 13.4. The molecule has 1 atom stereocenters. The van der Waals surface area contributed by atoms with Crippen LogP contribution in [0, 0.1) is 21.7 Å². The van der Waals surface area contributed by atoms with Crippen molar-refractivity contribution >= 4 is 11.4 Å². The van der Waals surface area contributed by atoms with E-state index < -0.39 is 28.3 Å². The van der Waals surface area contributed by atoms with Gasteiger partial charge in [0.15, 0.2) is 0 Å². The summed E-state index contributed by atoms with van der Waals surface area (Å²) in [5.74, 6) is -1.39. The van der Waals surface area contributed by atoms with Gasteiger partial charge in [-0.05, 0) is 29.8 Å². The van der Waals surface area contributed by atoms with Crippen molar-refractivity contribution in [2.75, 3.05) is 11.9 Å². The lowest BCUT2D eigenvalue weighted by atomic mass is 10.1. The maximum Gasteiger partial charge on any atom is 0.327 e. The van der Waals surface area contributed by atoms with Gasteiger partial charge in [0.1, 0.15) is 11.5 Å². The Labute approximate surface area is 119 Å². The normalized spacial score (nSPS) is 12.0. The van der Waals surface area contributed by atoms with Gasteiger partial charge in [-0.25, -0.2) is 4.39 Å². The SMILES string of the molecule is O=[N+]([O-])c1c(F)cccc1NC[C@@H](O)c1ccc(F)cc1. The number of anilines is 1. The summed E-state index contributed by atoms with van der Waals surface area (Å²) in [5.41, 5.74) is -0.257. The molecule has 0 saturated heterocycles. The highest BCUT2D eigenvalue weighted by atomic mass is 19.1. The summed E-state index contributed by atoms with van der Waals surface area (Å²) < 4.78 is 26.2. The molecule has 2 rings (SSSR count). The molecule has 5 nitrogen and oxygen atoms in total. The zero-order valence-corrected chi connectivity index (χ0v) is 10.8. The van der Waals surface area contributed by atoms with Gasteiger partial charge in [0, 0.05) is 6.54 Å². The largest absolute Gasteiger partial charge is 0.387 e. The number of nitrogens with one attached hydrogen (secondary N) is 1. The van der Waals surface area contributed by atoms with E-state index in [2.05, 4.69) is 5.32 Å². The summed E-state index contributed by atoms with van der Waals surface area (Å²) >= 11 is 0. The van der Waals surface area contributed by atoms with E-state index in [0.717, 1.165) is 6.07 Å². The van der Waals surface area contributed by atoms with Crippen LogP contribution in [0.3, 0.4) is 0 Å². The molecule has 2 aromatic rings. The fraction of sp³-hybridized carbons (Fsp3) is 0.143. The lowest BCUT2D eigenvalue weighted by molar-refractivity contribution is -0.386. The van der Waals surface area contributed by atoms with Crippen LogP contribution in [0.5, 0.6) is 0 Å².